The largest absolute Gasteiger partial charge is 0.481 e. The fourth-order valence-electron chi connectivity index (χ4n) is 3.22. The number of thiophene rings is 1. The maximum absolute atomic E-state index is 5.09. The van der Waals surface area contributed by atoms with Crippen molar-refractivity contribution >= 4 is 22.0 Å². The van der Waals surface area contributed by atoms with Crippen LogP contribution in [-0.4, -0.2) is 21.6 Å². The van der Waals surface area contributed by atoms with E-state index in [1.807, 2.05) is 12.1 Å². The Kier molecular flexibility index (Phi) is 3.98. The van der Waals surface area contributed by atoms with E-state index in [4.69, 9.17) is 9.72 Å². The van der Waals surface area contributed by atoms with Crippen LogP contribution in [0.4, 0.5) is 10.7 Å². The number of imidazole rings is 1. The minimum Gasteiger partial charge on any atom is -0.481 e. The molecule has 5 nitrogen and oxygen atoms in total. The molecule has 124 valence electrons. The molecule has 0 aromatic carbocycles. The first-order chi connectivity index (χ1) is 11.7. The predicted molar refractivity (Wildman–Crippen MR) is 97.3 cm³/mol. The Labute approximate surface area is 145 Å². The minimum absolute atomic E-state index is 0.619. The molecule has 3 aromatic rings. The molecular formula is C18H20N4OS. The zero-order valence-corrected chi connectivity index (χ0v) is 14.7. The average Bonchev–Trinajstić information content (AvgIpc) is 3.18. The van der Waals surface area contributed by atoms with Crippen molar-refractivity contribution in [1.29, 1.82) is 0 Å². The highest BCUT2D eigenvalue weighted by Crippen LogP contribution is 2.34. The molecule has 4 rings (SSSR count). The van der Waals surface area contributed by atoms with Gasteiger partial charge < -0.3 is 14.6 Å². The highest BCUT2D eigenvalue weighted by atomic mass is 32.1. The summed E-state index contributed by atoms with van der Waals surface area (Å²) in [4.78, 5) is 8.99. The second-order valence-corrected chi connectivity index (χ2v) is 6.90. The standard InChI is InChI=1S/C18H20N4OS/c1-12-18(22-8-4-3-5-15(22)20-12)13-9-17(24-11-13)21-14-6-7-16(23-2)19-10-14/h6-7,9-11,21H,3-5,8H2,1-2H3. The first-order valence-electron chi connectivity index (χ1n) is 8.16. The lowest BCUT2D eigenvalue weighted by Crippen LogP contribution is -2.11. The molecule has 0 radical (unpaired) electrons. The molecule has 3 aromatic heterocycles. The highest BCUT2D eigenvalue weighted by Gasteiger charge is 2.19. The van der Waals surface area contributed by atoms with Gasteiger partial charge in [-0.2, -0.15) is 0 Å². The Hall–Kier alpha value is -2.34. The fraction of sp³-hybridized carbons (Fsp3) is 0.333. The summed E-state index contributed by atoms with van der Waals surface area (Å²) in [5.74, 6) is 1.85. The molecule has 24 heavy (non-hydrogen) atoms. The Bertz CT molecular complexity index is 851. The number of hydrogen-bond donors (Lipinski definition) is 1. The topological polar surface area (TPSA) is 52.0 Å². The van der Waals surface area contributed by atoms with E-state index in [-0.39, 0.29) is 0 Å². The monoisotopic (exact) mass is 340 g/mol. The summed E-state index contributed by atoms with van der Waals surface area (Å²) in [6.07, 6.45) is 5.36. The second kappa shape index (κ2) is 6.28. The van der Waals surface area contributed by atoms with Gasteiger partial charge in [0.2, 0.25) is 5.88 Å². The summed E-state index contributed by atoms with van der Waals surface area (Å²) in [6, 6.07) is 6.02. The molecule has 1 aliphatic heterocycles. The van der Waals surface area contributed by atoms with Crippen LogP contribution in [0.25, 0.3) is 11.3 Å². The van der Waals surface area contributed by atoms with Gasteiger partial charge >= 0.3 is 0 Å². The Balaban J connectivity index is 1.60. The third kappa shape index (κ3) is 2.78. The number of anilines is 2. The zero-order chi connectivity index (χ0) is 16.5. The van der Waals surface area contributed by atoms with E-state index < -0.39 is 0 Å². The SMILES string of the molecule is COc1ccc(Nc2cc(-c3c(C)nc4n3CCCC4)cs2)cn1. The third-order valence-electron chi connectivity index (χ3n) is 4.34. The van der Waals surface area contributed by atoms with Crippen molar-refractivity contribution in [2.45, 2.75) is 32.7 Å². The van der Waals surface area contributed by atoms with Gasteiger partial charge in [0.05, 0.1) is 35.4 Å². The van der Waals surface area contributed by atoms with Crippen LogP contribution in [0, 0.1) is 6.92 Å². The number of fused-ring (bicyclic) bond motifs is 1. The van der Waals surface area contributed by atoms with Crippen LogP contribution in [-0.2, 0) is 13.0 Å². The summed E-state index contributed by atoms with van der Waals surface area (Å²) in [5, 5.41) is 6.71. The van der Waals surface area contributed by atoms with Crippen molar-refractivity contribution in [3.63, 3.8) is 0 Å². The second-order valence-electron chi connectivity index (χ2n) is 5.98. The van der Waals surface area contributed by atoms with Crippen LogP contribution in [0.2, 0.25) is 0 Å². The third-order valence-corrected chi connectivity index (χ3v) is 5.18. The Morgan fingerprint density at radius 1 is 1.29 bits per heavy atom. The normalized spacial score (nSPS) is 13.6. The van der Waals surface area contributed by atoms with Gasteiger partial charge in [-0.25, -0.2) is 9.97 Å². The van der Waals surface area contributed by atoms with Crippen LogP contribution in [0.15, 0.2) is 29.8 Å². The number of hydrogen-bond acceptors (Lipinski definition) is 5. The molecule has 0 saturated heterocycles. The molecule has 4 heterocycles. The van der Waals surface area contributed by atoms with E-state index in [9.17, 15) is 0 Å². The highest BCUT2D eigenvalue weighted by molar-refractivity contribution is 7.14. The van der Waals surface area contributed by atoms with Crippen LogP contribution in [0.1, 0.15) is 24.4 Å². The number of nitrogens with zero attached hydrogens (tertiary/aromatic N) is 3. The van der Waals surface area contributed by atoms with Crippen LogP contribution >= 0.6 is 11.3 Å². The molecule has 0 aliphatic carbocycles. The van der Waals surface area contributed by atoms with Crippen molar-refractivity contribution in [2.24, 2.45) is 0 Å². The number of aromatic nitrogens is 3. The summed E-state index contributed by atoms with van der Waals surface area (Å²) in [7, 11) is 1.62. The fourth-order valence-corrected chi connectivity index (χ4v) is 4.03. The Morgan fingerprint density at radius 3 is 3.00 bits per heavy atom. The van der Waals surface area contributed by atoms with Gasteiger partial charge in [0.1, 0.15) is 5.82 Å². The molecule has 0 bridgehead atoms. The molecule has 0 atom stereocenters. The number of methoxy groups -OCH3 is 1. The minimum atomic E-state index is 0.619. The van der Waals surface area contributed by atoms with Gasteiger partial charge in [0.25, 0.3) is 0 Å². The van der Waals surface area contributed by atoms with Gasteiger partial charge in [0, 0.05) is 30.0 Å². The predicted octanol–water partition coefficient (Wildman–Crippen LogP) is 4.40. The first kappa shape index (κ1) is 15.2. The van der Waals surface area contributed by atoms with Crippen molar-refractivity contribution in [3.05, 3.63) is 41.3 Å². The zero-order valence-electron chi connectivity index (χ0n) is 13.9. The molecule has 0 fully saturated rings. The smallest absolute Gasteiger partial charge is 0.213 e. The van der Waals surface area contributed by atoms with Crippen molar-refractivity contribution in [2.75, 3.05) is 12.4 Å². The molecule has 6 heteroatoms. The number of rotatable bonds is 4. The molecule has 0 amide bonds. The molecule has 0 unspecified atom stereocenters. The van der Waals surface area contributed by atoms with Gasteiger partial charge in [-0.05, 0) is 31.9 Å². The van der Waals surface area contributed by atoms with E-state index in [0.29, 0.717) is 5.88 Å². The summed E-state index contributed by atoms with van der Waals surface area (Å²) in [5.41, 5.74) is 4.59. The number of nitrogens with one attached hydrogen (secondary N) is 1. The van der Waals surface area contributed by atoms with E-state index in [0.717, 1.165) is 29.3 Å². The van der Waals surface area contributed by atoms with E-state index in [2.05, 4.69) is 33.2 Å². The maximum Gasteiger partial charge on any atom is 0.213 e. The number of pyridine rings is 1. The Morgan fingerprint density at radius 2 is 2.21 bits per heavy atom. The lowest BCUT2D eigenvalue weighted by Gasteiger charge is -2.16. The van der Waals surface area contributed by atoms with Gasteiger partial charge in [-0.1, -0.05) is 0 Å². The van der Waals surface area contributed by atoms with Crippen LogP contribution < -0.4 is 10.1 Å². The summed E-state index contributed by atoms with van der Waals surface area (Å²) in [6.45, 7) is 3.19. The van der Waals surface area contributed by atoms with E-state index >= 15 is 0 Å². The van der Waals surface area contributed by atoms with E-state index in [1.54, 1.807) is 24.6 Å². The lowest BCUT2D eigenvalue weighted by molar-refractivity contribution is 0.398. The molecule has 1 N–H and O–H groups in total. The van der Waals surface area contributed by atoms with Crippen molar-refractivity contribution < 1.29 is 4.74 Å². The average molecular weight is 340 g/mol. The molecule has 1 aliphatic rings. The van der Waals surface area contributed by atoms with Crippen LogP contribution in [0.3, 0.4) is 0 Å². The van der Waals surface area contributed by atoms with Crippen molar-refractivity contribution in [3.8, 4) is 17.1 Å². The van der Waals surface area contributed by atoms with Gasteiger partial charge in [0.15, 0.2) is 0 Å². The van der Waals surface area contributed by atoms with Gasteiger partial charge in [-0.3, -0.25) is 0 Å². The van der Waals surface area contributed by atoms with Gasteiger partial charge in [-0.15, -0.1) is 11.3 Å². The summed E-state index contributed by atoms with van der Waals surface area (Å²) < 4.78 is 7.48. The molecule has 0 spiro atoms. The first-order valence-corrected chi connectivity index (χ1v) is 9.04. The van der Waals surface area contributed by atoms with Crippen LogP contribution in [0.5, 0.6) is 5.88 Å². The number of aryl methyl sites for hydroxylation is 2. The quantitative estimate of drug-likeness (QED) is 0.764. The lowest BCUT2D eigenvalue weighted by atomic mass is 10.1. The summed E-state index contributed by atoms with van der Waals surface area (Å²) >= 11 is 1.70. The van der Waals surface area contributed by atoms with Crippen molar-refractivity contribution in [1.82, 2.24) is 14.5 Å². The molecule has 0 saturated carbocycles. The maximum atomic E-state index is 5.09. The number of ether oxygens (including phenoxy) is 1. The van der Waals surface area contributed by atoms with E-state index in [1.165, 1.54) is 29.9 Å². The molecular weight excluding hydrogens is 320 g/mol.